The molecule has 5 rings (SSSR count). The van der Waals surface area contributed by atoms with Crippen molar-refractivity contribution in [1.82, 2.24) is 24.4 Å². The van der Waals surface area contributed by atoms with Gasteiger partial charge in [-0.2, -0.15) is 8.88 Å². The number of hydrogen-bond acceptors (Lipinski definition) is 18. The van der Waals surface area contributed by atoms with E-state index in [-0.39, 0.29) is 29.1 Å². The monoisotopic (exact) mass is 779 g/mol. The summed E-state index contributed by atoms with van der Waals surface area (Å²) in [6.07, 6.45) is -7.10. The zero-order chi connectivity index (χ0) is 38.0. The molecule has 5 heterocycles. The number of carbonyl (C=O) groups is 1. The molecule has 11 atom stereocenters. The molecule has 0 spiro atoms. The van der Waals surface area contributed by atoms with E-state index in [0.29, 0.717) is 13.0 Å². The lowest BCUT2D eigenvalue weighted by Gasteiger charge is -2.20. The maximum atomic E-state index is 12.6. The molecule has 2 saturated heterocycles. The van der Waals surface area contributed by atoms with Crippen LogP contribution in [0.1, 0.15) is 29.2 Å². The maximum absolute atomic E-state index is 12.6. The molecule has 23 nitrogen and oxygen atoms in total. The first-order chi connectivity index (χ1) is 24.5. The van der Waals surface area contributed by atoms with Gasteiger partial charge in [-0.05, 0) is 26.6 Å². The highest BCUT2D eigenvalue weighted by molar-refractivity contribution is 7.61. The average Bonchev–Trinajstić information content (AvgIpc) is 3.73. The Balaban J connectivity index is 1.15. The standard InChI is InChI=1S/C27H40N8O15P2/c1-33(2)7-5-15(36)8-29-24-18-25(31-12-30-24)35(13-32-18)27-22(40)20(38)17(49-27)11-47-52(44,45)50-51(42,43)46-10-16-19(37)21(39)26(48-16)34-6-3-4-14(9-34)23(28)41/h3-4,6,9,12-13,15-17,19-22,26-27,36-40H,5,7-8,10-11H2,1-2H3,(H4-,28,29,30,31,41,42,43,44,45)/p+1/t15?,16-,17+,19?,20-,21+,22?,26-,27+/m1/s1. The van der Waals surface area contributed by atoms with Gasteiger partial charge < -0.3 is 60.7 Å². The van der Waals surface area contributed by atoms with Gasteiger partial charge in [0.15, 0.2) is 41.7 Å². The normalized spacial score (nSPS) is 29.3. The Bertz CT molecular complexity index is 1800. The van der Waals surface area contributed by atoms with E-state index in [9.17, 15) is 49.2 Å². The Morgan fingerprint density at radius 2 is 1.69 bits per heavy atom. The number of hydrogen-bond donors (Lipinski definition) is 9. The van der Waals surface area contributed by atoms with E-state index >= 15 is 0 Å². The lowest BCUT2D eigenvalue weighted by molar-refractivity contribution is -0.765. The SMILES string of the molecule is CN(C)CCC(O)CNc1ncnc2c1ncn2[C@H]1O[C@@H](COP(=O)(O)OP(=O)(O)OC[C@H]2O[C@@H]([n+]3cccc(C(N)=O)c3)[C@@H](O)C2O)[C@@H](O)C1O. The first kappa shape index (κ1) is 40.1. The summed E-state index contributed by atoms with van der Waals surface area (Å²) in [6, 6.07) is 2.84. The third kappa shape index (κ3) is 9.52. The lowest BCUT2D eigenvalue weighted by atomic mass is 10.1. The number of amides is 1. The lowest BCUT2D eigenvalue weighted by Crippen LogP contribution is -2.46. The molecule has 25 heteroatoms. The molecule has 10 N–H and O–H groups in total. The number of nitrogens with zero attached hydrogens (tertiary/aromatic N) is 6. The molecule has 2 fully saturated rings. The summed E-state index contributed by atoms with van der Waals surface area (Å²) in [5.74, 6) is -0.483. The number of phosphoric acid groups is 2. The first-order valence-corrected chi connectivity index (χ1v) is 18.7. The van der Waals surface area contributed by atoms with Crippen molar-refractivity contribution < 1.29 is 76.6 Å². The third-order valence-corrected chi connectivity index (χ3v) is 10.7. The van der Waals surface area contributed by atoms with Crippen LogP contribution in [0.3, 0.4) is 0 Å². The van der Waals surface area contributed by atoms with Gasteiger partial charge in [-0.25, -0.2) is 24.1 Å². The van der Waals surface area contributed by atoms with Gasteiger partial charge in [0.1, 0.15) is 42.4 Å². The number of rotatable bonds is 17. The van der Waals surface area contributed by atoms with Crippen molar-refractivity contribution in [3.05, 3.63) is 42.7 Å². The Labute approximate surface area is 295 Å². The molecule has 288 valence electrons. The number of pyridine rings is 1. The number of anilines is 1. The summed E-state index contributed by atoms with van der Waals surface area (Å²) in [4.78, 5) is 46.3. The molecular formula is C27H41N8O15P2+. The van der Waals surface area contributed by atoms with Crippen molar-refractivity contribution in [2.75, 3.05) is 45.7 Å². The molecular weight excluding hydrogens is 738 g/mol. The van der Waals surface area contributed by atoms with Crippen molar-refractivity contribution in [3.63, 3.8) is 0 Å². The minimum Gasteiger partial charge on any atom is -0.391 e. The molecule has 0 radical (unpaired) electrons. The molecule has 3 aromatic rings. The summed E-state index contributed by atoms with van der Waals surface area (Å²) in [5, 5.41) is 55.5. The van der Waals surface area contributed by atoms with E-state index in [1.807, 2.05) is 19.0 Å². The van der Waals surface area contributed by atoms with Gasteiger partial charge in [-0.3, -0.25) is 18.4 Å². The first-order valence-electron chi connectivity index (χ1n) is 15.7. The van der Waals surface area contributed by atoms with Crippen LogP contribution >= 0.6 is 15.6 Å². The van der Waals surface area contributed by atoms with E-state index in [1.165, 1.54) is 46.3 Å². The van der Waals surface area contributed by atoms with E-state index in [4.69, 9.17) is 24.3 Å². The number of primary amides is 1. The number of aliphatic hydroxyl groups is 5. The van der Waals surface area contributed by atoms with Gasteiger partial charge in [0, 0.05) is 19.2 Å². The summed E-state index contributed by atoms with van der Waals surface area (Å²) < 4.78 is 52.7. The Morgan fingerprint density at radius 3 is 2.35 bits per heavy atom. The number of phosphoric ester groups is 2. The predicted molar refractivity (Wildman–Crippen MR) is 173 cm³/mol. The van der Waals surface area contributed by atoms with Crippen LogP contribution in [0, 0.1) is 0 Å². The fraction of sp³-hybridized carbons (Fsp3) is 0.593. The number of aliphatic hydroxyl groups excluding tert-OH is 5. The fourth-order valence-corrected chi connectivity index (χ4v) is 7.50. The second kappa shape index (κ2) is 16.5. The summed E-state index contributed by atoms with van der Waals surface area (Å²) in [6.45, 7) is -0.998. The molecule has 1 amide bonds. The second-order valence-corrected chi connectivity index (χ2v) is 15.3. The van der Waals surface area contributed by atoms with Crippen LogP contribution < -0.4 is 15.6 Å². The summed E-state index contributed by atoms with van der Waals surface area (Å²) in [5.41, 5.74) is 5.77. The van der Waals surface area contributed by atoms with Crippen LogP contribution in [0.4, 0.5) is 5.82 Å². The molecule has 52 heavy (non-hydrogen) atoms. The average molecular weight is 780 g/mol. The number of carbonyl (C=O) groups excluding carboxylic acids is 1. The minimum atomic E-state index is -5.41. The van der Waals surface area contributed by atoms with Gasteiger partial charge in [-0.15, -0.1) is 0 Å². The minimum absolute atomic E-state index is 0.0654. The van der Waals surface area contributed by atoms with E-state index < -0.39 is 89.9 Å². The largest absolute Gasteiger partial charge is 0.481 e. The highest BCUT2D eigenvalue weighted by Gasteiger charge is 2.50. The van der Waals surface area contributed by atoms with Gasteiger partial charge in [-0.1, -0.05) is 0 Å². The van der Waals surface area contributed by atoms with E-state index in [0.717, 1.165) is 0 Å². The molecule has 0 saturated carbocycles. The van der Waals surface area contributed by atoms with Crippen molar-refractivity contribution in [2.24, 2.45) is 5.73 Å². The Hall–Kier alpha value is -3.09. The van der Waals surface area contributed by atoms with Gasteiger partial charge >= 0.3 is 15.6 Å². The topological polar surface area (TPSA) is 328 Å². The number of ether oxygens (including phenoxy) is 2. The molecule has 2 aliphatic heterocycles. The fourth-order valence-electron chi connectivity index (χ4n) is 5.41. The van der Waals surface area contributed by atoms with Crippen molar-refractivity contribution in [1.29, 1.82) is 0 Å². The number of imidazole rings is 1. The number of fused-ring (bicyclic) bond motifs is 1. The zero-order valence-electron chi connectivity index (χ0n) is 27.7. The van der Waals surface area contributed by atoms with Crippen LogP contribution in [0.5, 0.6) is 0 Å². The highest BCUT2D eigenvalue weighted by Crippen LogP contribution is 2.60. The Morgan fingerprint density at radius 1 is 1.04 bits per heavy atom. The maximum Gasteiger partial charge on any atom is 0.481 e. The van der Waals surface area contributed by atoms with Crippen LogP contribution in [0.2, 0.25) is 0 Å². The quantitative estimate of drug-likeness (QED) is 0.0491. The summed E-state index contributed by atoms with van der Waals surface area (Å²) >= 11 is 0. The smallest absolute Gasteiger partial charge is 0.391 e. The van der Waals surface area contributed by atoms with Crippen molar-refractivity contribution >= 4 is 38.5 Å². The highest BCUT2D eigenvalue weighted by atomic mass is 31.3. The third-order valence-electron chi connectivity index (χ3n) is 8.13. The van der Waals surface area contributed by atoms with Crippen molar-refractivity contribution in [2.45, 2.75) is 61.6 Å². The van der Waals surface area contributed by atoms with Crippen LogP contribution in [0.15, 0.2) is 37.2 Å². The van der Waals surface area contributed by atoms with Crippen LogP contribution in [-0.4, -0.2) is 149 Å². The molecule has 5 unspecified atom stereocenters. The number of nitrogens with two attached hydrogens (primary N) is 1. The van der Waals surface area contributed by atoms with E-state index in [2.05, 4.69) is 24.6 Å². The van der Waals surface area contributed by atoms with Crippen LogP contribution in [0.25, 0.3) is 11.2 Å². The van der Waals surface area contributed by atoms with E-state index in [1.54, 1.807) is 0 Å². The molecule has 0 aliphatic carbocycles. The van der Waals surface area contributed by atoms with Gasteiger partial charge in [0.25, 0.3) is 12.1 Å². The molecule has 2 aliphatic rings. The van der Waals surface area contributed by atoms with Crippen molar-refractivity contribution in [3.8, 4) is 0 Å². The second-order valence-electron chi connectivity index (χ2n) is 12.3. The zero-order valence-corrected chi connectivity index (χ0v) is 29.5. The van der Waals surface area contributed by atoms with Crippen LogP contribution in [-0.2, 0) is 32.0 Å². The van der Waals surface area contributed by atoms with Gasteiger partial charge in [0.05, 0.1) is 25.6 Å². The molecule has 0 bridgehead atoms. The molecule has 0 aromatic carbocycles. The number of nitrogens with one attached hydrogen (secondary N) is 1. The Kier molecular flexibility index (Phi) is 12.7. The summed E-state index contributed by atoms with van der Waals surface area (Å²) in [7, 11) is -7.04. The number of aromatic nitrogens is 5. The van der Waals surface area contributed by atoms with Gasteiger partial charge in [0.2, 0.25) is 0 Å². The predicted octanol–water partition coefficient (Wildman–Crippen LogP) is -2.87. The molecule has 3 aromatic heterocycles.